The Morgan fingerprint density at radius 3 is 2.47 bits per heavy atom. The summed E-state index contributed by atoms with van der Waals surface area (Å²) in [5, 5.41) is 0. The standard InChI is InChI=1S/C26H32N2O5S/c1-25(2)14-21-15-26(3,17-25)18-28(21)23(29)16-33-24(30)19-9-8-12-22(13-19)34(31,32)27(4)20-10-6-5-7-11-20/h5-13,21H,14-18H2,1-4H3. The number of amides is 1. The van der Waals surface area contributed by atoms with Crippen LogP contribution in [0.1, 0.15) is 50.4 Å². The molecule has 1 aliphatic heterocycles. The molecule has 0 radical (unpaired) electrons. The summed E-state index contributed by atoms with van der Waals surface area (Å²) in [6, 6.07) is 14.6. The van der Waals surface area contributed by atoms with Crippen molar-refractivity contribution in [1.29, 1.82) is 0 Å². The topological polar surface area (TPSA) is 84.0 Å². The van der Waals surface area contributed by atoms with Crippen molar-refractivity contribution in [2.24, 2.45) is 10.8 Å². The lowest BCUT2D eigenvalue weighted by Gasteiger charge is -2.39. The molecule has 2 aromatic rings. The molecule has 4 rings (SSSR count). The monoisotopic (exact) mass is 484 g/mol. The summed E-state index contributed by atoms with van der Waals surface area (Å²) in [6.45, 7) is 7.02. The number of nitrogens with zero attached hydrogens (tertiary/aromatic N) is 2. The van der Waals surface area contributed by atoms with Gasteiger partial charge in [-0.1, -0.05) is 45.0 Å². The number of rotatable bonds is 6. The van der Waals surface area contributed by atoms with Crippen molar-refractivity contribution in [1.82, 2.24) is 4.90 Å². The van der Waals surface area contributed by atoms with E-state index >= 15 is 0 Å². The number of anilines is 1. The maximum absolute atomic E-state index is 13.0. The van der Waals surface area contributed by atoms with Crippen LogP contribution in [-0.4, -0.2) is 51.4 Å². The number of benzene rings is 2. The Morgan fingerprint density at radius 1 is 1.06 bits per heavy atom. The van der Waals surface area contributed by atoms with Crippen molar-refractivity contribution >= 4 is 27.6 Å². The third-order valence-corrected chi connectivity index (χ3v) is 8.69. The normalized spacial score (nSPS) is 23.4. The van der Waals surface area contributed by atoms with E-state index in [0.29, 0.717) is 12.2 Å². The first kappa shape index (κ1) is 24.3. The van der Waals surface area contributed by atoms with Crippen LogP contribution in [0.15, 0.2) is 59.5 Å². The Balaban J connectivity index is 1.43. The highest BCUT2D eigenvalue weighted by molar-refractivity contribution is 7.92. The Bertz CT molecular complexity index is 1190. The number of hydrogen-bond acceptors (Lipinski definition) is 5. The molecule has 2 aromatic carbocycles. The van der Waals surface area contributed by atoms with E-state index in [4.69, 9.17) is 4.74 Å². The molecule has 1 heterocycles. The first-order chi connectivity index (χ1) is 15.9. The second-order valence-electron chi connectivity index (χ2n) is 10.6. The first-order valence-electron chi connectivity index (χ1n) is 11.5. The van der Waals surface area contributed by atoms with Crippen LogP contribution in [0.4, 0.5) is 5.69 Å². The smallest absolute Gasteiger partial charge is 0.338 e. The summed E-state index contributed by atoms with van der Waals surface area (Å²) in [4.78, 5) is 27.4. The summed E-state index contributed by atoms with van der Waals surface area (Å²) in [7, 11) is -2.41. The minimum Gasteiger partial charge on any atom is -0.452 e. The van der Waals surface area contributed by atoms with Gasteiger partial charge in [-0.2, -0.15) is 0 Å². The minimum atomic E-state index is -3.87. The van der Waals surface area contributed by atoms with Crippen LogP contribution in [0.5, 0.6) is 0 Å². The Morgan fingerprint density at radius 2 is 1.76 bits per heavy atom. The van der Waals surface area contributed by atoms with Crippen molar-refractivity contribution < 1.29 is 22.7 Å². The van der Waals surface area contributed by atoms with Crippen LogP contribution in [0.3, 0.4) is 0 Å². The van der Waals surface area contributed by atoms with E-state index in [1.807, 2.05) is 4.90 Å². The molecule has 1 saturated heterocycles. The van der Waals surface area contributed by atoms with Crippen LogP contribution in [0, 0.1) is 10.8 Å². The lowest BCUT2D eigenvalue weighted by molar-refractivity contribution is -0.135. The first-order valence-corrected chi connectivity index (χ1v) is 12.9. The van der Waals surface area contributed by atoms with Gasteiger partial charge in [0.25, 0.3) is 15.9 Å². The fourth-order valence-electron chi connectivity index (χ4n) is 5.76. The molecular weight excluding hydrogens is 452 g/mol. The second kappa shape index (κ2) is 8.73. The molecule has 182 valence electrons. The number of carbonyl (C=O) groups is 2. The van der Waals surface area contributed by atoms with Crippen LogP contribution in [0.25, 0.3) is 0 Å². The van der Waals surface area contributed by atoms with Crippen molar-refractivity contribution in [2.45, 2.75) is 51.0 Å². The molecule has 0 aromatic heterocycles. The van der Waals surface area contributed by atoms with E-state index < -0.39 is 16.0 Å². The number of sulfonamides is 1. The SMILES string of the molecule is CN(c1ccccc1)S(=O)(=O)c1cccc(C(=O)OCC(=O)N2CC3(C)CC2CC(C)(C)C3)c1. The van der Waals surface area contributed by atoms with Crippen LogP contribution >= 0.6 is 0 Å². The molecular formula is C26H32N2O5S. The van der Waals surface area contributed by atoms with Gasteiger partial charge in [0, 0.05) is 19.6 Å². The number of fused-ring (bicyclic) bond motifs is 2. The molecule has 0 spiro atoms. The zero-order valence-corrected chi connectivity index (χ0v) is 21.0. The third-order valence-electron chi connectivity index (χ3n) is 6.91. The Kier molecular flexibility index (Phi) is 6.23. The van der Waals surface area contributed by atoms with Gasteiger partial charge < -0.3 is 9.64 Å². The van der Waals surface area contributed by atoms with E-state index in [-0.39, 0.29) is 39.8 Å². The molecule has 1 saturated carbocycles. The van der Waals surface area contributed by atoms with Crippen molar-refractivity contribution in [3.8, 4) is 0 Å². The summed E-state index contributed by atoms with van der Waals surface area (Å²) >= 11 is 0. The molecule has 1 amide bonds. The number of hydrogen-bond donors (Lipinski definition) is 0. The van der Waals surface area contributed by atoms with E-state index in [9.17, 15) is 18.0 Å². The molecule has 2 aliphatic rings. The maximum atomic E-state index is 13.0. The van der Waals surface area contributed by atoms with Gasteiger partial charge in [-0.3, -0.25) is 9.10 Å². The van der Waals surface area contributed by atoms with Crippen molar-refractivity contribution in [2.75, 3.05) is 24.5 Å². The predicted molar refractivity (Wildman–Crippen MR) is 130 cm³/mol. The van der Waals surface area contributed by atoms with Crippen LogP contribution in [-0.2, 0) is 19.6 Å². The molecule has 7 nitrogen and oxygen atoms in total. The fraction of sp³-hybridized carbons (Fsp3) is 0.462. The number of para-hydroxylation sites is 1. The maximum Gasteiger partial charge on any atom is 0.338 e. The summed E-state index contributed by atoms with van der Waals surface area (Å²) in [6.07, 6.45) is 2.99. The molecule has 2 fully saturated rings. The second-order valence-corrected chi connectivity index (χ2v) is 12.6. The predicted octanol–water partition coefficient (Wildman–Crippen LogP) is 4.10. The highest BCUT2D eigenvalue weighted by atomic mass is 32.2. The van der Waals surface area contributed by atoms with Gasteiger partial charge in [-0.25, -0.2) is 13.2 Å². The summed E-state index contributed by atoms with van der Waals surface area (Å²) < 4.78 is 32.6. The number of likely N-dealkylation sites (tertiary alicyclic amines) is 1. The van der Waals surface area contributed by atoms with Crippen molar-refractivity contribution in [3.05, 3.63) is 60.2 Å². The minimum absolute atomic E-state index is 0.0249. The Labute approximate surface area is 201 Å². The largest absolute Gasteiger partial charge is 0.452 e. The van der Waals surface area contributed by atoms with Gasteiger partial charge in [0.15, 0.2) is 6.61 Å². The summed E-state index contributed by atoms with van der Waals surface area (Å²) in [5.41, 5.74) is 0.874. The highest BCUT2D eigenvalue weighted by Crippen LogP contribution is 2.52. The lowest BCUT2D eigenvalue weighted by atomic mass is 9.65. The molecule has 1 aliphatic carbocycles. The molecule has 34 heavy (non-hydrogen) atoms. The van der Waals surface area contributed by atoms with E-state index in [1.54, 1.807) is 30.3 Å². The zero-order valence-electron chi connectivity index (χ0n) is 20.2. The van der Waals surface area contributed by atoms with Crippen molar-refractivity contribution in [3.63, 3.8) is 0 Å². The number of esters is 1. The van der Waals surface area contributed by atoms with Gasteiger partial charge in [0.1, 0.15) is 0 Å². The quantitative estimate of drug-likeness (QED) is 0.577. The van der Waals surface area contributed by atoms with Crippen LogP contribution in [0.2, 0.25) is 0 Å². The molecule has 2 unspecified atom stereocenters. The molecule has 2 atom stereocenters. The Hall–Kier alpha value is -2.87. The number of carbonyl (C=O) groups excluding carboxylic acids is 2. The number of ether oxygens (including phenoxy) is 1. The zero-order chi connectivity index (χ0) is 24.7. The lowest BCUT2D eigenvalue weighted by Crippen LogP contribution is -2.39. The van der Waals surface area contributed by atoms with Gasteiger partial charge in [0.05, 0.1) is 16.1 Å². The van der Waals surface area contributed by atoms with E-state index in [1.165, 1.54) is 31.3 Å². The van der Waals surface area contributed by atoms with Gasteiger partial charge >= 0.3 is 5.97 Å². The highest BCUT2D eigenvalue weighted by Gasteiger charge is 2.50. The van der Waals surface area contributed by atoms with E-state index in [2.05, 4.69) is 20.8 Å². The molecule has 8 heteroatoms. The van der Waals surface area contributed by atoms with Gasteiger partial charge in [-0.15, -0.1) is 0 Å². The van der Waals surface area contributed by atoms with Gasteiger partial charge in [-0.05, 0) is 60.4 Å². The van der Waals surface area contributed by atoms with E-state index in [0.717, 1.165) is 23.6 Å². The average Bonchev–Trinajstić information content (AvgIpc) is 3.05. The molecule has 2 bridgehead atoms. The third kappa shape index (κ3) is 4.82. The average molecular weight is 485 g/mol. The van der Waals surface area contributed by atoms with Gasteiger partial charge in [0.2, 0.25) is 0 Å². The fourth-order valence-corrected chi connectivity index (χ4v) is 7.01. The molecule has 0 N–H and O–H groups in total. The summed E-state index contributed by atoms with van der Waals surface area (Å²) in [5.74, 6) is -0.922. The van der Waals surface area contributed by atoms with Crippen LogP contribution < -0.4 is 4.31 Å².